The molecule has 1 aromatic heterocycles. The second-order valence-electron chi connectivity index (χ2n) is 3.50. The Balaban J connectivity index is 2.52. The standard InChI is InChI=1S/C11H17FN2O2/c1-16-5-3-14(2-4-15)9-10-6-11(12)8-13-7-10/h6-8,15H,2-5,9H2,1H3. The van der Waals surface area contributed by atoms with Gasteiger partial charge in [0.05, 0.1) is 19.4 Å². The van der Waals surface area contributed by atoms with Crippen LogP contribution in [0, 0.1) is 5.82 Å². The number of aliphatic hydroxyl groups excluding tert-OH is 1. The molecule has 16 heavy (non-hydrogen) atoms. The van der Waals surface area contributed by atoms with Crippen LogP contribution in [0.15, 0.2) is 18.5 Å². The van der Waals surface area contributed by atoms with Gasteiger partial charge in [-0.3, -0.25) is 9.88 Å². The van der Waals surface area contributed by atoms with Crippen molar-refractivity contribution in [3.05, 3.63) is 29.8 Å². The molecule has 0 radical (unpaired) electrons. The van der Waals surface area contributed by atoms with Crippen LogP contribution >= 0.6 is 0 Å². The van der Waals surface area contributed by atoms with Crippen LogP contribution in [-0.2, 0) is 11.3 Å². The first-order valence-corrected chi connectivity index (χ1v) is 5.18. The molecular formula is C11H17FN2O2. The van der Waals surface area contributed by atoms with E-state index in [1.807, 2.05) is 4.90 Å². The first-order chi connectivity index (χ1) is 7.76. The summed E-state index contributed by atoms with van der Waals surface area (Å²) >= 11 is 0. The van der Waals surface area contributed by atoms with E-state index in [0.29, 0.717) is 26.2 Å². The molecule has 0 amide bonds. The molecule has 1 rings (SSSR count). The van der Waals surface area contributed by atoms with Crippen LogP contribution < -0.4 is 0 Å². The molecule has 0 bridgehead atoms. The summed E-state index contributed by atoms with van der Waals surface area (Å²) in [4.78, 5) is 5.77. The predicted molar refractivity (Wildman–Crippen MR) is 58.4 cm³/mol. The third-order valence-corrected chi connectivity index (χ3v) is 2.20. The lowest BCUT2D eigenvalue weighted by molar-refractivity contribution is 0.126. The summed E-state index contributed by atoms with van der Waals surface area (Å²) in [7, 11) is 1.63. The molecule has 0 unspecified atom stereocenters. The van der Waals surface area contributed by atoms with E-state index in [2.05, 4.69) is 4.98 Å². The Hall–Kier alpha value is -1.04. The quantitative estimate of drug-likeness (QED) is 0.744. The molecular weight excluding hydrogens is 211 g/mol. The van der Waals surface area contributed by atoms with Gasteiger partial charge in [0.1, 0.15) is 5.82 Å². The lowest BCUT2D eigenvalue weighted by atomic mass is 10.2. The Bertz CT molecular complexity index is 310. The molecule has 0 aliphatic heterocycles. The molecule has 0 saturated carbocycles. The third-order valence-electron chi connectivity index (χ3n) is 2.20. The molecule has 0 spiro atoms. The lowest BCUT2D eigenvalue weighted by Crippen LogP contribution is -2.29. The van der Waals surface area contributed by atoms with Crippen LogP contribution in [0.1, 0.15) is 5.56 Å². The molecule has 1 heterocycles. The van der Waals surface area contributed by atoms with Crippen molar-refractivity contribution < 1.29 is 14.2 Å². The number of aromatic nitrogens is 1. The molecule has 90 valence electrons. The van der Waals surface area contributed by atoms with Gasteiger partial charge in [0.2, 0.25) is 0 Å². The van der Waals surface area contributed by atoms with Gasteiger partial charge in [0.25, 0.3) is 0 Å². The zero-order valence-electron chi connectivity index (χ0n) is 9.40. The Morgan fingerprint density at radius 1 is 1.44 bits per heavy atom. The Morgan fingerprint density at radius 2 is 2.25 bits per heavy atom. The molecule has 0 aromatic carbocycles. The van der Waals surface area contributed by atoms with Gasteiger partial charge in [-0.05, 0) is 11.6 Å². The van der Waals surface area contributed by atoms with Crippen LogP contribution in [-0.4, -0.2) is 48.4 Å². The normalized spacial score (nSPS) is 11.0. The Kier molecular flexibility index (Phi) is 5.92. The van der Waals surface area contributed by atoms with Gasteiger partial charge in [0, 0.05) is 32.9 Å². The molecule has 4 nitrogen and oxygen atoms in total. The topological polar surface area (TPSA) is 45.6 Å². The van der Waals surface area contributed by atoms with Crippen molar-refractivity contribution >= 4 is 0 Å². The summed E-state index contributed by atoms with van der Waals surface area (Å²) in [5.74, 6) is -0.340. The van der Waals surface area contributed by atoms with Gasteiger partial charge in [-0.25, -0.2) is 4.39 Å². The average molecular weight is 228 g/mol. The maximum Gasteiger partial charge on any atom is 0.141 e. The van der Waals surface area contributed by atoms with Crippen LogP contribution in [0.5, 0.6) is 0 Å². The molecule has 1 aromatic rings. The summed E-state index contributed by atoms with van der Waals surface area (Å²) in [6.45, 7) is 2.47. The molecule has 5 heteroatoms. The van der Waals surface area contributed by atoms with Crippen molar-refractivity contribution in [3.63, 3.8) is 0 Å². The minimum atomic E-state index is -0.340. The Morgan fingerprint density at radius 3 is 2.88 bits per heavy atom. The first-order valence-electron chi connectivity index (χ1n) is 5.18. The molecule has 0 aliphatic carbocycles. The van der Waals surface area contributed by atoms with E-state index >= 15 is 0 Å². The molecule has 1 N–H and O–H groups in total. The molecule has 0 fully saturated rings. The maximum absolute atomic E-state index is 12.9. The summed E-state index contributed by atoms with van der Waals surface area (Å²) in [5, 5.41) is 8.90. The van der Waals surface area contributed by atoms with Gasteiger partial charge in [-0.1, -0.05) is 0 Å². The maximum atomic E-state index is 12.9. The first kappa shape index (κ1) is 13.0. The van der Waals surface area contributed by atoms with Gasteiger partial charge >= 0.3 is 0 Å². The minimum Gasteiger partial charge on any atom is -0.395 e. The molecule has 0 aliphatic rings. The van der Waals surface area contributed by atoms with E-state index in [1.165, 1.54) is 12.3 Å². The zero-order valence-corrected chi connectivity index (χ0v) is 9.40. The van der Waals surface area contributed by atoms with Crippen molar-refractivity contribution in [1.29, 1.82) is 0 Å². The van der Waals surface area contributed by atoms with E-state index in [9.17, 15) is 4.39 Å². The van der Waals surface area contributed by atoms with Crippen molar-refractivity contribution in [3.8, 4) is 0 Å². The highest BCUT2D eigenvalue weighted by Gasteiger charge is 2.06. The fourth-order valence-electron chi connectivity index (χ4n) is 1.43. The minimum absolute atomic E-state index is 0.0759. The van der Waals surface area contributed by atoms with Crippen LogP contribution in [0.3, 0.4) is 0 Å². The number of pyridine rings is 1. The van der Waals surface area contributed by atoms with Crippen molar-refractivity contribution in [2.24, 2.45) is 0 Å². The third kappa shape index (κ3) is 4.65. The van der Waals surface area contributed by atoms with Crippen LogP contribution in [0.2, 0.25) is 0 Å². The Labute approximate surface area is 94.7 Å². The zero-order chi connectivity index (χ0) is 11.8. The summed E-state index contributed by atoms with van der Waals surface area (Å²) in [5.41, 5.74) is 0.796. The van der Waals surface area contributed by atoms with Crippen molar-refractivity contribution in [2.75, 3.05) is 33.4 Å². The van der Waals surface area contributed by atoms with E-state index in [-0.39, 0.29) is 12.4 Å². The second kappa shape index (κ2) is 7.27. The monoisotopic (exact) mass is 228 g/mol. The number of methoxy groups -OCH3 is 1. The highest BCUT2D eigenvalue weighted by atomic mass is 19.1. The number of hydrogen-bond donors (Lipinski definition) is 1. The average Bonchev–Trinajstić information content (AvgIpc) is 2.26. The van der Waals surface area contributed by atoms with Gasteiger partial charge < -0.3 is 9.84 Å². The lowest BCUT2D eigenvalue weighted by Gasteiger charge is -2.20. The second-order valence-corrected chi connectivity index (χ2v) is 3.50. The molecule has 0 atom stereocenters. The van der Waals surface area contributed by atoms with Crippen LogP contribution in [0.25, 0.3) is 0 Å². The van der Waals surface area contributed by atoms with E-state index in [1.54, 1.807) is 13.3 Å². The van der Waals surface area contributed by atoms with Gasteiger partial charge in [0.15, 0.2) is 0 Å². The largest absolute Gasteiger partial charge is 0.395 e. The number of hydrogen-bond acceptors (Lipinski definition) is 4. The number of rotatable bonds is 7. The fraction of sp³-hybridized carbons (Fsp3) is 0.545. The summed E-state index contributed by atoms with van der Waals surface area (Å²) in [6.07, 6.45) is 2.80. The highest BCUT2D eigenvalue weighted by Crippen LogP contribution is 2.05. The highest BCUT2D eigenvalue weighted by molar-refractivity contribution is 5.09. The number of aliphatic hydroxyl groups is 1. The number of halogens is 1. The van der Waals surface area contributed by atoms with Crippen molar-refractivity contribution in [2.45, 2.75) is 6.54 Å². The summed E-state index contributed by atoms with van der Waals surface area (Å²) in [6, 6.07) is 1.45. The van der Waals surface area contributed by atoms with Gasteiger partial charge in [-0.2, -0.15) is 0 Å². The summed E-state index contributed by atoms with van der Waals surface area (Å²) < 4.78 is 17.9. The fourth-order valence-corrected chi connectivity index (χ4v) is 1.43. The van der Waals surface area contributed by atoms with Crippen LogP contribution in [0.4, 0.5) is 4.39 Å². The van der Waals surface area contributed by atoms with E-state index in [4.69, 9.17) is 9.84 Å². The van der Waals surface area contributed by atoms with E-state index in [0.717, 1.165) is 5.56 Å². The van der Waals surface area contributed by atoms with Gasteiger partial charge in [-0.15, -0.1) is 0 Å². The van der Waals surface area contributed by atoms with Crippen molar-refractivity contribution in [1.82, 2.24) is 9.88 Å². The smallest absolute Gasteiger partial charge is 0.141 e. The van der Waals surface area contributed by atoms with E-state index < -0.39 is 0 Å². The predicted octanol–water partition coefficient (Wildman–Crippen LogP) is 0.661. The molecule has 0 saturated heterocycles. The number of nitrogens with zero attached hydrogens (tertiary/aromatic N) is 2. The number of ether oxygens (including phenoxy) is 1. The SMILES string of the molecule is COCCN(CCO)Cc1cncc(F)c1.